The van der Waals surface area contributed by atoms with Gasteiger partial charge in [-0.2, -0.15) is 5.26 Å². The van der Waals surface area contributed by atoms with Gasteiger partial charge >= 0.3 is 0 Å². The monoisotopic (exact) mass is 609 g/mol. The Balaban J connectivity index is 1.21. The molecule has 0 aliphatic rings. The molecule has 0 saturated carbocycles. The van der Waals surface area contributed by atoms with Crippen molar-refractivity contribution in [2.24, 2.45) is 0 Å². The Labute approximate surface area is 276 Å². The Hall–Kier alpha value is -6.63. The summed E-state index contributed by atoms with van der Waals surface area (Å²) in [4.78, 5) is 0. The van der Waals surface area contributed by atoms with Crippen molar-refractivity contribution in [3.8, 4) is 28.6 Å². The molecule has 2 heterocycles. The van der Waals surface area contributed by atoms with Crippen LogP contribution in [0.5, 0.6) is 0 Å². The minimum atomic E-state index is 0.681. The molecule has 3 nitrogen and oxygen atoms in total. The van der Waals surface area contributed by atoms with Crippen molar-refractivity contribution in [1.29, 1.82) is 5.26 Å². The van der Waals surface area contributed by atoms with E-state index >= 15 is 0 Å². The first kappa shape index (κ1) is 26.6. The van der Waals surface area contributed by atoms with Gasteiger partial charge < -0.3 is 9.13 Å². The van der Waals surface area contributed by atoms with E-state index in [1.54, 1.807) is 0 Å². The SMILES string of the molecule is N#Cc1ccc2c(ccc3cc(-n4c5ccccc5c5cc(-c6cccc7c8ccccc8n(-c8ccccc8)c67)ccc54)ccc32)c1. The maximum Gasteiger partial charge on any atom is 0.0991 e. The molecule has 0 amide bonds. The normalized spacial score (nSPS) is 11.7. The van der Waals surface area contributed by atoms with Crippen LogP contribution in [0.3, 0.4) is 0 Å². The summed E-state index contributed by atoms with van der Waals surface area (Å²) < 4.78 is 4.80. The molecule has 10 aromatic rings. The number of hydrogen-bond donors (Lipinski definition) is 0. The van der Waals surface area contributed by atoms with Crippen molar-refractivity contribution in [1.82, 2.24) is 9.13 Å². The lowest BCUT2D eigenvalue weighted by molar-refractivity contribution is 1.18. The molecule has 0 atom stereocenters. The summed E-state index contributed by atoms with van der Waals surface area (Å²) in [6, 6.07) is 60.9. The summed E-state index contributed by atoms with van der Waals surface area (Å²) in [5.74, 6) is 0. The van der Waals surface area contributed by atoms with E-state index in [1.165, 1.54) is 65.5 Å². The van der Waals surface area contributed by atoms with Gasteiger partial charge in [-0.3, -0.25) is 0 Å². The highest BCUT2D eigenvalue weighted by Gasteiger charge is 2.18. The molecule has 0 N–H and O–H groups in total. The van der Waals surface area contributed by atoms with E-state index in [9.17, 15) is 5.26 Å². The molecule has 0 radical (unpaired) electrons. The van der Waals surface area contributed by atoms with Gasteiger partial charge in [-0.05, 0) is 87.8 Å². The van der Waals surface area contributed by atoms with Gasteiger partial charge in [0.2, 0.25) is 0 Å². The fourth-order valence-electron chi connectivity index (χ4n) is 7.78. The lowest BCUT2D eigenvalue weighted by Crippen LogP contribution is -1.95. The molecule has 0 aliphatic carbocycles. The smallest absolute Gasteiger partial charge is 0.0991 e. The Bertz CT molecular complexity index is 2950. The molecular formula is C45H27N3. The van der Waals surface area contributed by atoms with Crippen LogP contribution in [0.2, 0.25) is 0 Å². The minimum Gasteiger partial charge on any atom is -0.309 e. The van der Waals surface area contributed by atoms with Gasteiger partial charge in [0.1, 0.15) is 0 Å². The Morgan fingerprint density at radius 2 is 1.04 bits per heavy atom. The van der Waals surface area contributed by atoms with Gasteiger partial charge in [-0.25, -0.2) is 0 Å². The van der Waals surface area contributed by atoms with Crippen molar-refractivity contribution >= 4 is 65.2 Å². The first-order valence-corrected chi connectivity index (χ1v) is 16.2. The molecule has 0 fully saturated rings. The van der Waals surface area contributed by atoms with Crippen molar-refractivity contribution in [2.75, 3.05) is 0 Å². The van der Waals surface area contributed by atoms with Crippen molar-refractivity contribution in [2.45, 2.75) is 0 Å². The van der Waals surface area contributed by atoms with E-state index in [0.29, 0.717) is 5.56 Å². The van der Waals surface area contributed by atoms with E-state index in [4.69, 9.17) is 0 Å². The van der Waals surface area contributed by atoms with Gasteiger partial charge in [-0.1, -0.05) is 103 Å². The molecule has 0 aliphatic heterocycles. The number of hydrogen-bond acceptors (Lipinski definition) is 1. The number of nitriles is 1. The average molecular weight is 610 g/mol. The zero-order valence-corrected chi connectivity index (χ0v) is 25.9. The maximum atomic E-state index is 9.39. The van der Waals surface area contributed by atoms with Crippen LogP contribution in [-0.2, 0) is 0 Å². The number of benzene rings is 8. The highest BCUT2D eigenvalue weighted by atomic mass is 15.0. The summed E-state index contributed by atoms with van der Waals surface area (Å²) in [7, 11) is 0. The van der Waals surface area contributed by atoms with Crippen molar-refractivity contribution in [3.05, 3.63) is 169 Å². The second-order valence-corrected chi connectivity index (χ2v) is 12.5. The summed E-state index contributed by atoms with van der Waals surface area (Å²) in [6.45, 7) is 0. The first-order valence-electron chi connectivity index (χ1n) is 16.2. The van der Waals surface area contributed by atoms with Gasteiger partial charge in [0, 0.05) is 38.5 Å². The molecule has 0 bridgehead atoms. The molecule has 0 unspecified atom stereocenters. The Morgan fingerprint density at radius 3 is 1.83 bits per heavy atom. The molecule has 0 spiro atoms. The molecular weight excluding hydrogens is 583 g/mol. The highest BCUT2D eigenvalue weighted by molar-refractivity contribution is 6.16. The average Bonchev–Trinajstić information content (AvgIpc) is 3.67. The van der Waals surface area contributed by atoms with E-state index < -0.39 is 0 Å². The van der Waals surface area contributed by atoms with Gasteiger partial charge in [0.15, 0.2) is 0 Å². The molecule has 0 saturated heterocycles. The number of fused-ring (bicyclic) bond motifs is 9. The third-order valence-electron chi connectivity index (χ3n) is 9.90. The van der Waals surface area contributed by atoms with Crippen LogP contribution in [0.4, 0.5) is 0 Å². The van der Waals surface area contributed by atoms with Crippen molar-refractivity contribution < 1.29 is 0 Å². The summed E-state index contributed by atoms with van der Waals surface area (Å²) in [6.07, 6.45) is 0. The third kappa shape index (κ3) is 3.81. The fourth-order valence-corrected chi connectivity index (χ4v) is 7.78. The Kier molecular flexibility index (Phi) is 5.64. The predicted molar refractivity (Wildman–Crippen MR) is 200 cm³/mol. The van der Waals surface area contributed by atoms with E-state index in [2.05, 4.69) is 167 Å². The molecule has 48 heavy (non-hydrogen) atoms. The molecule has 2 aromatic heterocycles. The number of rotatable bonds is 3. The van der Waals surface area contributed by atoms with Gasteiger partial charge in [0.25, 0.3) is 0 Å². The van der Waals surface area contributed by atoms with E-state index in [-0.39, 0.29) is 0 Å². The molecule has 222 valence electrons. The van der Waals surface area contributed by atoms with Crippen LogP contribution >= 0.6 is 0 Å². The Morgan fingerprint density at radius 1 is 0.396 bits per heavy atom. The second kappa shape index (κ2) is 10.2. The van der Waals surface area contributed by atoms with Crippen LogP contribution in [-0.4, -0.2) is 9.13 Å². The van der Waals surface area contributed by atoms with Gasteiger partial charge in [0.05, 0.1) is 33.7 Å². The van der Waals surface area contributed by atoms with Crippen LogP contribution in [0.15, 0.2) is 164 Å². The quantitative estimate of drug-likeness (QED) is 0.183. The van der Waals surface area contributed by atoms with E-state index in [1.807, 2.05) is 12.1 Å². The fraction of sp³-hybridized carbons (Fsp3) is 0. The number of nitrogens with zero attached hydrogens (tertiary/aromatic N) is 3. The van der Waals surface area contributed by atoms with Crippen LogP contribution in [0.25, 0.3) is 87.7 Å². The largest absolute Gasteiger partial charge is 0.309 e. The zero-order valence-electron chi connectivity index (χ0n) is 25.9. The lowest BCUT2D eigenvalue weighted by atomic mass is 9.99. The number of para-hydroxylation sites is 4. The predicted octanol–water partition coefficient (Wildman–Crippen LogP) is 11.7. The third-order valence-corrected chi connectivity index (χ3v) is 9.90. The standard InChI is InChI=1S/C45H27N3/c46-28-29-17-22-35-30(25-29)18-19-31-26-34(21-23-36(31)35)47-42-15-6-5-12-39(42)41-27-32(20-24-44(41)47)37-13-8-14-40-38-11-4-7-16-43(38)48(45(37)40)33-9-2-1-3-10-33/h1-27H. The minimum absolute atomic E-state index is 0.681. The van der Waals surface area contributed by atoms with E-state index in [0.717, 1.165) is 22.1 Å². The number of aromatic nitrogens is 2. The first-order chi connectivity index (χ1) is 23.8. The maximum absolute atomic E-state index is 9.39. The summed E-state index contributed by atoms with van der Waals surface area (Å²) >= 11 is 0. The van der Waals surface area contributed by atoms with Crippen LogP contribution < -0.4 is 0 Å². The van der Waals surface area contributed by atoms with Crippen LogP contribution in [0.1, 0.15) is 5.56 Å². The van der Waals surface area contributed by atoms with Crippen molar-refractivity contribution in [3.63, 3.8) is 0 Å². The topological polar surface area (TPSA) is 33.6 Å². The lowest BCUT2D eigenvalue weighted by Gasteiger charge is -2.13. The summed E-state index contributed by atoms with van der Waals surface area (Å²) in [5.41, 5.74) is 10.1. The van der Waals surface area contributed by atoms with Crippen LogP contribution in [0, 0.1) is 11.3 Å². The van der Waals surface area contributed by atoms with Gasteiger partial charge in [-0.15, -0.1) is 0 Å². The highest BCUT2D eigenvalue weighted by Crippen LogP contribution is 2.41. The second-order valence-electron chi connectivity index (χ2n) is 12.5. The summed E-state index contributed by atoms with van der Waals surface area (Å²) in [5, 5.41) is 19.0. The molecule has 10 rings (SSSR count). The molecule has 3 heteroatoms. The zero-order chi connectivity index (χ0) is 31.8. The molecule has 8 aromatic carbocycles.